The van der Waals surface area contributed by atoms with Crippen molar-refractivity contribution in [2.75, 3.05) is 31.1 Å². The highest BCUT2D eigenvalue weighted by molar-refractivity contribution is 5.94. The van der Waals surface area contributed by atoms with Crippen LogP contribution in [0.1, 0.15) is 46.3 Å². The molecular weight excluding hydrogens is 436 g/mol. The van der Waals surface area contributed by atoms with E-state index in [0.29, 0.717) is 6.54 Å². The van der Waals surface area contributed by atoms with E-state index in [1.54, 1.807) is 0 Å². The molecule has 1 saturated heterocycles. The summed E-state index contributed by atoms with van der Waals surface area (Å²) in [5.41, 5.74) is 5.86. The molecule has 0 radical (unpaired) electrons. The van der Waals surface area contributed by atoms with Crippen molar-refractivity contribution in [3.8, 4) is 5.69 Å². The maximum absolute atomic E-state index is 13.1. The van der Waals surface area contributed by atoms with E-state index in [1.165, 1.54) is 5.56 Å². The van der Waals surface area contributed by atoms with E-state index in [-0.39, 0.29) is 5.91 Å². The summed E-state index contributed by atoms with van der Waals surface area (Å²) in [6.45, 7) is 11.2. The number of rotatable bonds is 4. The number of benzene rings is 2. The third-order valence-corrected chi connectivity index (χ3v) is 6.71. The highest BCUT2D eigenvalue weighted by atomic mass is 16.2. The number of fused-ring (bicyclic) bond motifs is 1. The molecule has 180 valence electrons. The molecule has 0 atom stereocenters. The van der Waals surface area contributed by atoms with Gasteiger partial charge in [0.25, 0.3) is 5.91 Å². The smallest absolute Gasteiger partial charge is 0.253 e. The van der Waals surface area contributed by atoms with E-state index < -0.39 is 0 Å². The van der Waals surface area contributed by atoms with Crippen LogP contribution in [0, 0.1) is 20.8 Å². The van der Waals surface area contributed by atoms with E-state index in [0.717, 1.165) is 77.7 Å². The topological polar surface area (TPSA) is 67.2 Å². The van der Waals surface area contributed by atoms with Crippen LogP contribution in [-0.2, 0) is 6.42 Å². The molecular formula is C28H32N6O. The summed E-state index contributed by atoms with van der Waals surface area (Å²) in [6.07, 6.45) is 1.63. The third-order valence-electron chi connectivity index (χ3n) is 6.71. The number of carbonyl (C=O) groups excluding carboxylic acids is 1. The van der Waals surface area contributed by atoms with Gasteiger partial charge in [-0.1, -0.05) is 42.3 Å². The van der Waals surface area contributed by atoms with E-state index in [1.807, 2.05) is 47.7 Å². The molecule has 7 nitrogen and oxygen atoms in total. The Hall–Kier alpha value is -3.74. The van der Waals surface area contributed by atoms with Crippen molar-refractivity contribution in [3.05, 3.63) is 76.7 Å². The second kappa shape index (κ2) is 9.49. The molecule has 4 aromatic rings. The molecule has 0 spiro atoms. The lowest BCUT2D eigenvalue weighted by atomic mass is 10.1. The maximum Gasteiger partial charge on any atom is 0.253 e. The zero-order valence-corrected chi connectivity index (χ0v) is 21.0. The summed E-state index contributed by atoms with van der Waals surface area (Å²) in [6, 6.07) is 16.2. The van der Waals surface area contributed by atoms with Crippen molar-refractivity contribution in [2.24, 2.45) is 0 Å². The molecule has 7 heteroatoms. The second-order valence-corrected chi connectivity index (χ2v) is 9.35. The summed E-state index contributed by atoms with van der Waals surface area (Å²) in [4.78, 5) is 27.2. The average Bonchev–Trinajstić information content (AvgIpc) is 3.04. The lowest BCUT2D eigenvalue weighted by Gasteiger charge is -2.24. The molecule has 2 aromatic carbocycles. The summed E-state index contributed by atoms with van der Waals surface area (Å²) >= 11 is 0. The molecule has 0 N–H and O–H groups in total. The first-order chi connectivity index (χ1) is 16.9. The summed E-state index contributed by atoms with van der Waals surface area (Å²) in [5.74, 6) is 1.82. The Bertz CT molecular complexity index is 1360. The fourth-order valence-electron chi connectivity index (χ4n) is 4.67. The molecule has 2 aromatic heterocycles. The normalized spacial score (nSPS) is 14.4. The quantitative estimate of drug-likeness (QED) is 0.436. The first kappa shape index (κ1) is 23.0. The van der Waals surface area contributed by atoms with Gasteiger partial charge in [0.15, 0.2) is 5.65 Å². The van der Waals surface area contributed by atoms with E-state index >= 15 is 0 Å². The minimum Gasteiger partial charge on any atom is -0.354 e. The molecule has 0 unspecified atom stereocenters. The van der Waals surface area contributed by atoms with Crippen LogP contribution in [0.25, 0.3) is 16.7 Å². The Labute approximate surface area is 206 Å². The Morgan fingerprint density at radius 2 is 1.54 bits per heavy atom. The lowest BCUT2D eigenvalue weighted by molar-refractivity contribution is 0.0767. The van der Waals surface area contributed by atoms with Crippen LogP contribution in [0.2, 0.25) is 0 Å². The number of hydrogen-bond donors (Lipinski definition) is 0. The van der Waals surface area contributed by atoms with Crippen molar-refractivity contribution < 1.29 is 4.79 Å². The molecule has 0 bridgehead atoms. The lowest BCUT2D eigenvalue weighted by Crippen LogP contribution is -2.35. The van der Waals surface area contributed by atoms with Gasteiger partial charge in [0.1, 0.15) is 11.6 Å². The first-order valence-corrected chi connectivity index (χ1v) is 12.4. The molecule has 0 aliphatic carbocycles. The van der Waals surface area contributed by atoms with E-state index in [9.17, 15) is 4.79 Å². The highest BCUT2D eigenvalue weighted by Gasteiger charge is 2.25. The second-order valence-electron chi connectivity index (χ2n) is 9.35. The van der Waals surface area contributed by atoms with Crippen molar-refractivity contribution in [1.29, 1.82) is 0 Å². The zero-order valence-electron chi connectivity index (χ0n) is 21.0. The van der Waals surface area contributed by atoms with Gasteiger partial charge < -0.3 is 9.80 Å². The zero-order chi connectivity index (χ0) is 24.5. The van der Waals surface area contributed by atoms with Crippen LogP contribution >= 0.6 is 0 Å². The first-order valence-electron chi connectivity index (χ1n) is 12.4. The van der Waals surface area contributed by atoms with Gasteiger partial charge in [-0.05, 0) is 51.5 Å². The Morgan fingerprint density at radius 3 is 2.23 bits per heavy atom. The number of amides is 1. The summed E-state index contributed by atoms with van der Waals surface area (Å²) < 4.78 is 1.93. The number of aromatic nitrogens is 4. The van der Waals surface area contributed by atoms with Crippen molar-refractivity contribution >= 4 is 22.8 Å². The van der Waals surface area contributed by atoms with Crippen LogP contribution in [0.3, 0.4) is 0 Å². The predicted octanol–water partition coefficient (Wildman–Crippen LogP) is 4.66. The van der Waals surface area contributed by atoms with Gasteiger partial charge >= 0.3 is 0 Å². The summed E-state index contributed by atoms with van der Waals surface area (Å²) in [7, 11) is 0. The van der Waals surface area contributed by atoms with Crippen LogP contribution in [0.4, 0.5) is 5.82 Å². The summed E-state index contributed by atoms with van der Waals surface area (Å²) in [5, 5.41) is 5.84. The van der Waals surface area contributed by atoms with Gasteiger partial charge in [-0.2, -0.15) is 5.10 Å². The predicted molar refractivity (Wildman–Crippen MR) is 139 cm³/mol. The minimum absolute atomic E-state index is 0.0947. The fraction of sp³-hybridized carbons (Fsp3) is 0.357. The van der Waals surface area contributed by atoms with Gasteiger partial charge in [0.2, 0.25) is 0 Å². The SMILES string of the molecule is CCc1nc(N2CCCN(C(=O)c3ccc(C)cc3)CC2)c2c(C)nn(-c3ccc(C)cc3)c2n1. The van der Waals surface area contributed by atoms with Gasteiger partial charge in [0.05, 0.1) is 16.8 Å². The van der Waals surface area contributed by atoms with Gasteiger partial charge in [-0.25, -0.2) is 14.6 Å². The van der Waals surface area contributed by atoms with Crippen LogP contribution < -0.4 is 4.90 Å². The number of anilines is 1. The molecule has 1 fully saturated rings. The largest absolute Gasteiger partial charge is 0.354 e. The van der Waals surface area contributed by atoms with Crippen molar-refractivity contribution in [2.45, 2.75) is 40.5 Å². The average molecular weight is 469 g/mol. The molecule has 3 heterocycles. The number of carbonyl (C=O) groups is 1. The van der Waals surface area contributed by atoms with Gasteiger partial charge in [-0.3, -0.25) is 4.79 Å². The number of nitrogens with zero attached hydrogens (tertiary/aromatic N) is 6. The number of aryl methyl sites for hydroxylation is 4. The molecule has 1 amide bonds. The Kier molecular flexibility index (Phi) is 6.24. The van der Waals surface area contributed by atoms with Crippen LogP contribution in [-0.4, -0.2) is 56.7 Å². The van der Waals surface area contributed by atoms with Crippen molar-refractivity contribution in [3.63, 3.8) is 0 Å². The van der Waals surface area contributed by atoms with Crippen LogP contribution in [0.5, 0.6) is 0 Å². The molecule has 35 heavy (non-hydrogen) atoms. The standard InChI is InChI=1S/C28H32N6O/c1-5-24-29-26(25-21(4)31-34(27(25)30-24)23-13-9-20(3)10-14-23)32-15-6-16-33(18-17-32)28(35)22-11-7-19(2)8-12-22/h7-14H,5-6,15-18H2,1-4H3. The number of hydrogen-bond acceptors (Lipinski definition) is 5. The molecule has 1 aliphatic rings. The molecule has 0 saturated carbocycles. The molecule has 1 aliphatic heterocycles. The van der Waals surface area contributed by atoms with Crippen molar-refractivity contribution in [1.82, 2.24) is 24.6 Å². The third kappa shape index (κ3) is 4.50. The minimum atomic E-state index is 0.0947. The van der Waals surface area contributed by atoms with Crippen LogP contribution in [0.15, 0.2) is 48.5 Å². The van der Waals surface area contributed by atoms with Gasteiger partial charge in [-0.15, -0.1) is 0 Å². The fourth-order valence-corrected chi connectivity index (χ4v) is 4.67. The maximum atomic E-state index is 13.1. The monoisotopic (exact) mass is 468 g/mol. The highest BCUT2D eigenvalue weighted by Crippen LogP contribution is 2.30. The van der Waals surface area contributed by atoms with E-state index in [2.05, 4.69) is 43.0 Å². The molecule has 5 rings (SSSR count). The van der Waals surface area contributed by atoms with E-state index in [4.69, 9.17) is 15.1 Å². The van der Waals surface area contributed by atoms with Gasteiger partial charge in [0, 0.05) is 38.2 Å². The Morgan fingerprint density at radius 1 is 0.857 bits per heavy atom. The Balaban J connectivity index is 1.48.